The third-order valence-corrected chi connectivity index (χ3v) is 6.69. The first kappa shape index (κ1) is 25.2. The largest absolute Gasteiger partial charge is 0.497 e. The Kier molecular flexibility index (Phi) is 8.55. The molecule has 7 nitrogen and oxygen atoms in total. The highest BCUT2D eigenvalue weighted by atomic mass is 16.5. The van der Waals surface area contributed by atoms with Crippen molar-refractivity contribution in [3.8, 4) is 11.6 Å². The molecule has 36 heavy (non-hydrogen) atoms. The van der Waals surface area contributed by atoms with Crippen LogP contribution in [0.2, 0.25) is 0 Å². The van der Waals surface area contributed by atoms with Crippen molar-refractivity contribution >= 4 is 17.3 Å². The molecule has 2 aromatic carbocycles. The van der Waals surface area contributed by atoms with E-state index in [2.05, 4.69) is 34.6 Å². The SMILES string of the molecule is COc1ccc(CNc2ccnc(OC)c2C(=N)CCC(=O)N2CCC[C@H](c3ccccc3)C2)cc1. The Labute approximate surface area is 213 Å². The summed E-state index contributed by atoms with van der Waals surface area (Å²) >= 11 is 0. The van der Waals surface area contributed by atoms with Crippen LogP contribution in [0.15, 0.2) is 66.9 Å². The molecule has 2 N–H and O–H groups in total. The number of benzene rings is 2. The quantitative estimate of drug-likeness (QED) is 0.382. The molecule has 0 saturated carbocycles. The summed E-state index contributed by atoms with van der Waals surface area (Å²) in [7, 11) is 3.20. The van der Waals surface area contributed by atoms with E-state index in [0.29, 0.717) is 36.0 Å². The minimum atomic E-state index is 0.0935. The van der Waals surface area contributed by atoms with Crippen LogP contribution in [0.1, 0.15) is 48.3 Å². The van der Waals surface area contributed by atoms with Gasteiger partial charge in [-0.05, 0) is 48.6 Å². The van der Waals surface area contributed by atoms with Gasteiger partial charge in [0.05, 0.1) is 25.5 Å². The van der Waals surface area contributed by atoms with E-state index < -0.39 is 0 Å². The number of nitrogens with zero attached hydrogens (tertiary/aromatic N) is 2. The van der Waals surface area contributed by atoms with Crippen molar-refractivity contribution in [1.29, 1.82) is 5.41 Å². The van der Waals surface area contributed by atoms with Gasteiger partial charge in [0.1, 0.15) is 5.75 Å². The zero-order valence-electron chi connectivity index (χ0n) is 21.0. The van der Waals surface area contributed by atoms with Gasteiger partial charge in [-0.1, -0.05) is 42.5 Å². The maximum atomic E-state index is 13.1. The van der Waals surface area contributed by atoms with Gasteiger partial charge in [0, 0.05) is 43.9 Å². The maximum absolute atomic E-state index is 13.1. The molecule has 0 aliphatic carbocycles. The molecule has 1 atom stereocenters. The summed E-state index contributed by atoms with van der Waals surface area (Å²) in [6, 6.07) is 20.1. The lowest BCUT2D eigenvalue weighted by atomic mass is 9.90. The predicted octanol–water partition coefficient (Wildman–Crippen LogP) is 5.27. The van der Waals surface area contributed by atoms with Crippen LogP contribution in [0.25, 0.3) is 0 Å². The lowest BCUT2D eigenvalue weighted by molar-refractivity contribution is -0.132. The number of hydrogen-bond acceptors (Lipinski definition) is 6. The molecule has 2 heterocycles. The van der Waals surface area contributed by atoms with Crippen molar-refractivity contribution in [2.45, 2.75) is 38.1 Å². The van der Waals surface area contributed by atoms with Crippen LogP contribution in [0.4, 0.5) is 5.69 Å². The fourth-order valence-electron chi connectivity index (χ4n) is 4.69. The predicted molar refractivity (Wildman–Crippen MR) is 142 cm³/mol. The molecule has 0 unspecified atom stereocenters. The number of ether oxygens (including phenoxy) is 2. The van der Waals surface area contributed by atoms with Gasteiger partial charge in [0.25, 0.3) is 0 Å². The molecule has 188 valence electrons. The van der Waals surface area contributed by atoms with Crippen LogP contribution >= 0.6 is 0 Å². The Morgan fingerprint density at radius 1 is 1.06 bits per heavy atom. The molecule has 1 saturated heterocycles. The molecule has 0 bridgehead atoms. The second kappa shape index (κ2) is 12.2. The number of carbonyl (C=O) groups excluding carboxylic acids is 1. The summed E-state index contributed by atoms with van der Waals surface area (Å²) in [6.45, 7) is 2.09. The summed E-state index contributed by atoms with van der Waals surface area (Å²) in [6.07, 6.45) is 4.37. The molecule has 1 fully saturated rings. The molecule has 7 heteroatoms. The third kappa shape index (κ3) is 6.22. The maximum Gasteiger partial charge on any atom is 0.224 e. The minimum absolute atomic E-state index is 0.0935. The van der Waals surface area contributed by atoms with Gasteiger partial charge in [-0.2, -0.15) is 0 Å². The van der Waals surface area contributed by atoms with Gasteiger partial charge >= 0.3 is 0 Å². The highest BCUT2D eigenvalue weighted by Gasteiger charge is 2.25. The normalized spacial score (nSPS) is 15.3. The number of amides is 1. The molecule has 4 rings (SSSR count). The number of hydrogen-bond donors (Lipinski definition) is 2. The van der Waals surface area contributed by atoms with E-state index in [1.165, 1.54) is 5.56 Å². The van der Waals surface area contributed by atoms with Crippen molar-refractivity contribution in [2.24, 2.45) is 0 Å². The van der Waals surface area contributed by atoms with Crippen molar-refractivity contribution in [3.05, 3.63) is 83.6 Å². The summed E-state index contributed by atoms with van der Waals surface area (Å²) in [5.41, 5.74) is 4.06. The van der Waals surface area contributed by atoms with Gasteiger partial charge < -0.3 is 25.1 Å². The number of pyridine rings is 1. The monoisotopic (exact) mass is 486 g/mol. The van der Waals surface area contributed by atoms with E-state index in [-0.39, 0.29) is 12.3 Å². The topological polar surface area (TPSA) is 87.5 Å². The Balaban J connectivity index is 1.39. The van der Waals surface area contributed by atoms with E-state index in [1.807, 2.05) is 41.3 Å². The van der Waals surface area contributed by atoms with Gasteiger partial charge in [-0.25, -0.2) is 4.98 Å². The molecule has 1 aliphatic heterocycles. The summed E-state index contributed by atoms with van der Waals surface area (Å²) < 4.78 is 10.7. The number of piperidine rings is 1. The Morgan fingerprint density at radius 2 is 1.83 bits per heavy atom. The molecule has 0 radical (unpaired) electrons. The highest BCUT2D eigenvalue weighted by Crippen LogP contribution is 2.29. The van der Waals surface area contributed by atoms with Crippen LogP contribution in [0, 0.1) is 5.41 Å². The van der Waals surface area contributed by atoms with E-state index in [0.717, 1.165) is 42.9 Å². The minimum Gasteiger partial charge on any atom is -0.497 e. The van der Waals surface area contributed by atoms with Crippen LogP contribution in [-0.2, 0) is 11.3 Å². The average molecular weight is 487 g/mol. The molecular formula is C29H34N4O3. The second-order valence-electron chi connectivity index (χ2n) is 9.01. The zero-order chi connectivity index (χ0) is 25.3. The number of anilines is 1. The van der Waals surface area contributed by atoms with Gasteiger partial charge in [-0.15, -0.1) is 0 Å². The summed E-state index contributed by atoms with van der Waals surface area (Å²) in [5, 5.41) is 12.2. The highest BCUT2D eigenvalue weighted by molar-refractivity contribution is 6.06. The summed E-state index contributed by atoms with van der Waals surface area (Å²) in [4.78, 5) is 19.3. The smallest absolute Gasteiger partial charge is 0.224 e. The standard InChI is InChI=1S/C29H34N4O3/c1-35-24-12-10-21(11-13-24)19-32-26-16-17-31-29(36-2)28(26)25(30)14-15-27(34)33-18-6-9-23(20-33)22-7-4-3-5-8-22/h3-5,7-8,10-13,16-17,23,30H,6,9,14-15,18-20H2,1-2H3,(H,31,32)/t23-/m0/s1. The van der Waals surface area contributed by atoms with E-state index >= 15 is 0 Å². The first-order valence-electron chi connectivity index (χ1n) is 12.4. The van der Waals surface area contributed by atoms with Gasteiger partial charge in [0.15, 0.2) is 0 Å². The number of aromatic nitrogens is 1. The Hall–Kier alpha value is -3.87. The fourth-order valence-corrected chi connectivity index (χ4v) is 4.69. The van der Waals surface area contributed by atoms with Crippen LogP contribution in [0.3, 0.4) is 0 Å². The molecule has 3 aromatic rings. The fraction of sp³-hybridized carbons (Fsp3) is 0.345. The Bertz CT molecular complexity index is 1160. The van der Waals surface area contributed by atoms with Gasteiger partial charge in [0.2, 0.25) is 11.8 Å². The Morgan fingerprint density at radius 3 is 2.56 bits per heavy atom. The number of carbonyl (C=O) groups is 1. The first-order valence-corrected chi connectivity index (χ1v) is 12.4. The third-order valence-electron chi connectivity index (χ3n) is 6.69. The first-order chi connectivity index (χ1) is 17.6. The molecular weight excluding hydrogens is 452 g/mol. The van der Waals surface area contributed by atoms with Gasteiger partial charge in [-0.3, -0.25) is 4.79 Å². The van der Waals surface area contributed by atoms with Crippen molar-refractivity contribution < 1.29 is 14.3 Å². The number of rotatable bonds is 10. The van der Waals surface area contributed by atoms with Crippen LogP contribution in [0.5, 0.6) is 11.6 Å². The molecule has 1 aliphatic rings. The van der Waals surface area contributed by atoms with Crippen molar-refractivity contribution in [1.82, 2.24) is 9.88 Å². The van der Waals surface area contributed by atoms with E-state index in [4.69, 9.17) is 14.9 Å². The molecule has 0 spiro atoms. The number of nitrogens with one attached hydrogen (secondary N) is 2. The lowest BCUT2D eigenvalue weighted by Gasteiger charge is -2.33. The van der Waals surface area contributed by atoms with E-state index in [1.54, 1.807) is 20.4 Å². The lowest BCUT2D eigenvalue weighted by Crippen LogP contribution is -2.39. The number of likely N-dealkylation sites (tertiary alicyclic amines) is 1. The van der Waals surface area contributed by atoms with Crippen LogP contribution in [-0.4, -0.2) is 48.8 Å². The second-order valence-corrected chi connectivity index (χ2v) is 9.01. The molecule has 1 amide bonds. The van der Waals surface area contributed by atoms with Crippen molar-refractivity contribution in [2.75, 3.05) is 32.6 Å². The summed E-state index contributed by atoms with van der Waals surface area (Å²) in [5.74, 6) is 1.65. The van der Waals surface area contributed by atoms with Crippen molar-refractivity contribution in [3.63, 3.8) is 0 Å². The van der Waals surface area contributed by atoms with Crippen LogP contribution < -0.4 is 14.8 Å². The number of methoxy groups -OCH3 is 2. The average Bonchev–Trinajstić information content (AvgIpc) is 2.95. The van der Waals surface area contributed by atoms with E-state index in [9.17, 15) is 4.79 Å². The zero-order valence-corrected chi connectivity index (χ0v) is 21.0. The molecule has 1 aromatic heterocycles.